The summed E-state index contributed by atoms with van der Waals surface area (Å²) in [4.78, 5) is 33.2. The Bertz CT molecular complexity index is 1320. The standard InChI is InChI=1S/C24H25N5O4/c1-16(2)28-15-25-24-27-19(12-23(31)29(24)28)13-32-20-9-7-18(8-10-20)26-22(30)14-33-21-6-4-5-17(3)11-21/h4-12,15-16H,13-14H2,1-3H3,(H,26,30). The quantitative estimate of drug-likeness (QED) is 0.445. The Balaban J connectivity index is 1.32. The van der Waals surface area contributed by atoms with Crippen LogP contribution in [0, 0.1) is 6.92 Å². The van der Waals surface area contributed by atoms with Crippen molar-refractivity contribution in [1.29, 1.82) is 0 Å². The number of aromatic nitrogens is 4. The zero-order valence-electron chi connectivity index (χ0n) is 18.7. The van der Waals surface area contributed by atoms with E-state index < -0.39 is 0 Å². The fourth-order valence-corrected chi connectivity index (χ4v) is 3.25. The van der Waals surface area contributed by atoms with E-state index in [9.17, 15) is 9.59 Å². The van der Waals surface area contributed by atoms with Crippen LogP contribution in [0.2, 0.25) is 0 Å². The van der Waals surface area contributed by atoms with Crippen LogP contribution < -0.4 is 20.3 Å². The van der Waals surface area contributed by atoms with Crippen molar-refractivity contribution in [3.8, 4) is 11.5 Å². The van der Waals surface area contributed by atoms with Gasteiger partial charge in [0.05, 0.1) is 5.69 Å². The molecule has 33 heavy (non-hydrogen) atoms. The molecule has 0 aliphatic rings. The van der Waals surface area contributed by atoms with Gasteiger partial charge in [-0.3, -0.25) is 14.3 Å². The van der Waals surface area contributed by atoms with Crippen molar-refractivity contribution in [2.75, 3.05) is 11.9 Å². The zero-order chi connectivity index (χ0) is 23.4. The summed E-state index contributed by atoms with van der Waals surface area (Å²) in [6.45, 7) is 5.93. The van der Waals surface area contributed by atoms with Crippen molar-refractivity contribution in [3.63, 3.8) is 0 Å². The number of rotatable bonds is 8. The van der Waals surface area contributed by atoms with Crippen LogP contribution in [0.1, 0.15) is 31.1 Å². The Hall–Kier alpha value is -4.14. The van der Waals surface area contributed by atoms with Crippen LogP contribution in [-0.2, 0) is 11.4 Å². The predicted octanol–water partition coefficient (Wildman–Crippen LogP) is 3.38. The lowest BCUT2D eigenvalue weighted by Crippen LogP contribution is -2.23. The first-order valence-electron chi connectivity index (χ1n) is 10.6. The van der Waals surface area contributed by atoms with Crippen molar-refractivity contribution >= 4 is 17.4 Å². The number of fused-ring (bicyclic) bond motifs is 1. The van der Waals surface area contributed by atoms with Gasteiger partial charge in [0.2, 0.25) is 0 Å². The van der Waals surface area contributed by atoms with E-state index in [1.165, 1.54) is 10.6 Å². The van der Waals surface area contributed by atoms with Gasteiger partial charge in [-0.25, -0.2) is 4.98 Å². The van der Waals surface area contributed by atoms with Gasteiger partial charge in [0.1, 0.15) is 24.4 Å². The molecule has 2 aromatic carbocycles. The maximum atomic E-state index is 12.5. The number of nitrogens with one attached hydrogen (secondary N) is 1. The number of carbonyl (C=O) groups is 1. The molecule has 4 aromatic rings. The highest BCUT2D eigenvalue weighted by atomic mass is 16.5. The van der Waals surface area contributed by atoms with Gasteiger partial charge in [0.15, 0.2) is 6.61 Å². The summed E-state index contributed by atoms with van der Waals surface area (Å²) >= 11 is 0. The number of ether oxygens (including phenoxy) is 2. The van der Waals surface area contributed by atoms with E-state index in [0.717, 1.165) is 5.56 Å². The minimum absolute atomic E-state index is 0.0854. The first-order chi connectivity index (χ1) is 15.9. The lowest BCUT2D eigenvalue weighted by atomic mass is 10.2. The average molecular weight is 447 g/mol. The van der Waals surface area contributed by atoms with Gasteiger partial charge < -0.3 is 14.8 Å². The number of nitrogens with zero attached hydrogens (tertiary/aromatic N) is 4. The summed E-state index contributed by atoms with van der Waals surface area (Å²) in [6, 6.07) is 16.0. The normalized spacial score (nSPS) is 11.0. The Morgan fingerprint density at radius 3 is 2.58 bits per heavy atom. The third-order valence-corrected chi connectivity index (χ3v) is 4.87. The molecule has 0 saturated heterocycles. The molecular weight excluding hydrogens is 422 g/mol. The largest absolute Gasteiger partial charge is 0.487 e. The first-order valence-corrected chi connectivity index (χ1v) is 10.6. The third kappa shape index (κ3) is 5.38. The second-order valence-electron chi connectivity index (χ2n) is 7.88. The maximum Gasteiger partial charge on any atom is 0.274 e. The fraction of sp³-hybridized carbons (Fsp3) is 0.250. The van der Waals surface area contributed by atoms with Gasteiger partial charge in [0.25, 0.3) is 17.2 Å². The van der Waals surface area contributed by atoms with Crippen LogP contribution in [0.25, 0.3) is 5.78 Å². The van der Waals surface area contributed by atoms with E-state index in [0.29, 0.717) is 28.7 Å². The van der Waals surface area contributed by atoms with E-state index in [2.05, 4.69) is 15.3 Å². The van der Waals surface area contributed by atoms with Gasteiger partial charge >= 0.3 is 0 Å². The number of benzene rings is 2. The molecule has 0 aliphatic heterocycles. The number of anilines is 1. The molecule has 2 aromatic heterocycles. The highest BCUT2D eigenvalue weighted by Crippen LogP contribution is 2.17. The molecule has 0 bridgehead atoms. The molecule has 0 atom stereocenters. The monoisotopic (exact) mass is 447 g/mol. The second kappa shape index (κ2) is 9.56. The van der Waals surface area contributed by atoms with Crippen LogP contribution in [0.4, 0.5) is 5.69 Å². The topological polar surface area (TPSA) is 99.7 Å². The van der Waals surface area contributed by atoms with Crippen LogP contribution in [-0.4, -0.2) is 31.7 Å². The minimum atomic E-state index is -0.260. The smallest absolute Gasteiger partial charge is 0.274 e. The summed E-state index contributed by atoms with van der Waals surface area (Å²) in [5.41, 5.74) is 1.96. The molecule has 9 nitrogen and oxygen atoms in total. The van der Waals surface area contributed by atoms with Gasteiger partial charge in [-0.15, -0.1) is 0 Å². The highest BCUT2D eigenvalue weighted by Gasteiger charge is 2.11. The number of hydrogen-bond donors (Lipinski definition) is 1. The summed E-state index contributed by atoms with van der Waals surface area (Å²) < 4.78 is 14.4. The number of carbonyl (C=O) groups excluding carboxylic acids is 1. The van der Waals surface area contributed by atoms with E-state index in [1.807, 2.05) is 45.0 Å². The Morgan fingerprint density at radius 1 is 1.06 bits per heavy atom. The van der Waals surface area contributed by atoms with E-state index in [1.54, 1.807) is 35.3 Å². The Labute approximate surface area is 190 Å². The van der Waals surface area contributed by atoms with Crippen LogP contribution >= 0.6 is 0 Å². The third-order valence-electron chi connectivity index (χ3n) is 4.87. The van der Waals surface area contributed by atoms with Crippen molar-refractivity contribution < 1.29 is 14.3 Å². The first kappa shape index (κ1) is 22.1. The molecule has 1 N–H and O–H groups in total. The van der Waals surface area contributed by atoms with Crippen LogP contribution in [0.3, 0.4) is 0 Å². The van der Waals surface area contributed by atoms with E-state index in [-0.39, 0.29) is 30.7 Å². The molecule has 9 heteroatoms. The second-order valence-corrected chi connectivity index (χ2v) is 7.88. The van der Waals surface area contributed by atoms with E-state index in [4.69, 9.17) is 9.47 Å². The number of aryl methyl sites for hydroxylation is 1. The molecule has 1 amide bonds. The Morgan fingerprint density at radius 2 is 1.85 bits per heavy atom. The number of amides is 1. The van der Waals surface area contributed by atoms with Gasteiger partial charge in [0, 0.05) is 17.8 Å². The molecule has 0 spiro atoms. The summed E-state index contributed by atoms with van der Waals surface area (Å²) in [6.07, 6.45) is 1.60. The predicted molar refractivity (Wildman–Crippen MR) is 124 cm³/mol. The number of hydrogen-bond acceptors (Lipinski definition) is 6. The molecule has 4 rings (SSSR count). The van der Waals surface area contributed by atoms with Crippen molar-refractivity contribution in [1.82, 2.24) is 19.2 Å². The fourth-order valence-electron chi connectivity index (χ4n) is 3.25. The lowest BCUT2D eigenvalue weighted by molar-refractivity contribution is -0.118. The molecule has 0 fully saturated rings. The average Bonchev–Trinajstić information content (AvgIpc) is 3.22. The molecule has 2 heterocycles. The SMILES string of the molecule is Cc1cccc(OCC(=O)Nc2ccc(OCc3cc(=O)n4c(ncn4C(C)C)n3)cc2)c1. The summed E-state index contributed by atoms with van der Waals surface area (Å²) in [5.74, 6) is 1.31. The molecular formula is C24H25N5O4. The molecule has 0 aliphatic carbocycles. The highest BCUT2D eigenvalue weighted by molar-refractivity contribution is 5.91. The van der Waals surface area contributed by atoms with Crippen LogP contribution in [0.5, 0.6) is 11.5 Å². The minimum Gasteiger partial charge on any atom is -0.487 e. The van der Waals surface area contributed by atoms with Crippen molar-refractivity contribution in [2.45, 2.75) is 33.4 Å². The summed E-state index contributed by atoms with van der Waals surface area (Å²) in [5, 5.41) is 2.78. The van der Waals surface area contributed by atoms with E-state index >= 15 is 0 Å². The summed E-state index contributed by atoms with van der Waals surface area (Å²) in [7, 11) is 0. The molecule has 0 saturated carbocycles. The van der Waals surface area contributed by atoms with Crippen molar-refractivity contribution in [3.05, 3.63) is 82.5 Å². The Kier molecular flexibility index (Phi) is 6.39. The zero-order valence-corrected chi connectivity index (χ0v) is 18.7. The molecule has 170 valence electrons. The van der Waals surface area contributed by atoms with Crippen molar-refractivity contribution in [2.24, 2.45) is 0 Å². The molecule has 0 unspecified atom stereocenters. The van der Waals surface area contributed by atoms with Gasteiger partial charge in [-0.2, -0.15) is 9.50 Å². The lowest BCUT2D eigenvalue weighted by Gasteiger charge is -2.10. The van der Waals surface area contributed by atoms with Crippen LogP contribution in [0.15, 0.2) is 65.7 Å². The molecule has 0 radical (unpaired) electrons. The van der Waals surface area contributed by atoms with Gasteiger partial charge in [-0.05, 0) is 62.7 Å². The maximum absolute atomic E-state index is 12.5. The van der Waals surface area contributed by atoms with Gasteiger partial charge in [-0.1, -0.05) is 12.1 Å².